The monoisotopic (exact) mass is 275 g/mol. The molecule has 0 saturated carbocycles. The lowest BCUT2D eigenvalue weighted by atomic mass is 9.89. The van der Waals surface area contributed by atoms with Crippen molar-refractivity contribution in [2.45, 2.75) is 32.2 Å². The molecule has 2 atom stereocenters. The van der Waals surface area contributed by atoms with Gasteiger partial charge in [0.15, 0.2) is 0 Å². The molecule has 1 amide bonds. The van der Waals surface area contributed by atoms with Gasteiger partial charge in [-0.1, -0.05) is 6.92 Å². The minimum atomic E-state index is 0. The number of amides is 1. The molecule has 2 heterocycles. The van der Waals surface area contributed by atoms with E-state index in [9.17, 15) is 4.79 Å². The lowest BCUT2D eigenvalue weighted by molar-refractivity contribution is -0.133. The molecule has 2 aliphatic heterocycles. The van der Waals surface area contributed by atoms with Crippen molar-refractivity contribution in [2.75, 3.05) is 40.3 Å². The maximum Gasteiger partial charge on any atom is 0.239 e. The van der Waals surface area contributed by atoms with E-state index >= 15 is 0 Å². The number of halogens is 1. The zero-order valence-corrected chi connectivity index (χ0v) is 12.6. The summed E-state index contributed by atoms with van der Waals surface area (Å²) in [6, 6.07) is 0.127. The Kier molecular flexibility index (Phi) is 5.44. The van der Waals surface area contributed by atoms with Crippen LogP contribution in [0.5, 0.6) is 0 Å². The minimum Gasteiger partial charge on any atom is -0.347 e. The number of hydrogen-bond donors (Lipinski definition) is 1. The van der Waals surface area contributed by atoms with Gasteiger partial charge in [0.1, 0.15) is 0 Å². The van der Waals surface area contributed by atoms with E-state index in [1.54, 1.807) is 4.90 Å². The summed E-state index contributed by atoms with van der Waals surface area (Å²) >= 11 is 0. The molecule has 0 aromatic rings. The van der Waals surface area contributed by atoms with Gasteiger partial charge in [0, 0.05) is 27.2 Å². The van der Waals surface area contributed by atoms with Crippen LogP contribution in [-0.4, -0.2) is 62.0 Å². The van der Waals surface area contributed by atoms with Crippen molar-refractivity contribution in [1.29, 1.82) is 0 Å². The first kappa shape index (κ1) is 15.7. The zero-order chi connectivity index (χ0) is 12.5. The van der Waals surface area contributed by atoms with Crippen molar-refractivity contribution in [3.8, 4) is 0 Å². The Labute approximate surface area is 116 Å². The molecule has 0 aromatic carbocycles. The molecule has 18 heavy (non-hydrogen) atoms. The van der Waals surface area contributed by atoms with E-state index in [2.05, 4.69) is 17.1 Å². The Morgan fingerprint density at radius 2 is 2.22 bits per heavy atom. The van der Waals surface area contributed by atoms with E-state index in [-0.39, 0.29) is 24.4 Å². The minimum absolute atomic E-state index is 0. The SMILES string of the molecule is CN(C)C(=O)C1CCCN1CC1(C)CCNC1.Cl. The van der Waals surface area contributed by atoms with Crippen LogP contribution in [0.25, 0.3) is 0 Å². The lowest BCUT2D eigenvalue weighted by Crippen LogP contribution is -2.47. The summed E-state index contributed by atoms with van der Waals surface area (Å²) < 4.78 is 0. The molecule has 2 fully saturated rings. The molecule has 2 saturated heterocycles. The van der Waals surface area contributed by atoms with Gasteiger partial charge in [-0.2, -0.15) is 0 Å². The molecule has 106 valence electrons. The number of hydrogen-bond acceptors (Lipinski definition) is 3. The molecule has 0 aromatic heterocycles. The van der Waals surface area contributed by atoms with E-state index in [4.69, 9.17) is 0 Å². The molecule has 0 bridgehead atoms. The Morgan fingerprint density at radius 1 is 1.50 bits per heavy atom. The predicted molar refractivity (Wildman–Crippen MR) is 76.1 cm³/mol. The van der Waals surface area contributed by atoms with Gasteiger partial charge in [0.25, 0.3) is 0 Å². The van der Waals surface area contributed by atoms with Crippen LogP contribution in [0.4, 0.5) is 0 Å². The maximum absolute atomic E-state index is 12.1. The molecule has 0 spiro atoms. The fourth-order valence-corrected chi connectivity index (χ4v) is 3.09. The van der Waals surface area contributed by atoms with Gasteiger partial charge in [-0.05, 0) is 37.8 Å². The second-order valence-electron chi connectivity index (χ2n) is 6.10. The number of rotatable bonds is 3. The lowest BCUT2D eigenvalue weighted by Gasteiger charge is -2.33. The summed E-state index contributed by atoms with van der Waals surface area (Å²) in [5, 5.41) is 3.43. The van der Waals surface area contributed by atoms with Gasteiger partial charge < -0.3 is 10.2 Å². The van der Waals surface area contributed by atoms with E-state index in [0.717, 1.165) is 39.0 Å². The highest BCUT2D eigenvalue weighted by atomic mass is 35.5. The first-order valence-electron chi connectivity index (χ1n) is 6.68. The Balaban J connectivity index is 0.00000162. The number of nitrogens with zero attached hydrogens (tertiary/aromatic N) is 2. The van der Waals surface area contributed by atoms with Crippen LogP contribution >= 0.6 is 12.4 Å². The topological polar surface area (TPSA) is 35.6 Å². The molecular formula is C13H26ClN3O. The second-order valence-corrected chi connectivity index (χ2v) is 6.10. The smallest absolute Gasteiger partial charge is 0.239 e. The highest BCUT2D eigenvalue weighted by Crippen LogP contribution is 2.29. The van der Waals surface area contributed by atoms with Crippen LogP contribution in [0.1, 0.15) is 26.2 Å². The van der Waals surface area contributed by atoms with Crippen molar-refractivity contribution in [3.63, 3.8) is 0 Å². The van der Waals surface area contributed by atoms with Gasteiger partial charge >= 0.3 is 0 Å². The van der Waals surface area contributed by atoms with Gasteiger partial charge in [-0.25, -0.2) is 0 Å². The number of likely N-dealkylation sites (tertiary alicyclic amines) is 1. The van der Waals surface area contributed by atoms with Crippen LogP contribution in [0.3, 0.4) is 0 Å². The first-order chi connectivity index (χ1) is 8.02. The Morgan fingerprint density at radius 3 is 2.78 bits per heavy atom. The molecule has 2 rings (SSSR count). The summed E-state index contributed by atoms with van der Waals surface area (Å²) in [6.45, 7) is 6.69. The summed E-state index contributed by atoms with van der Waals surface area (Å²) in [7, 11) is 3.72. The number of likely N-dealkylation sites (N-methyl/N-ethyl adjacent to an activating group) is 1. The summed E-state index contributed by atoms with van der Waals surface area (Å²) in [5.74, 6) is 0.275. The third kappa shape index (κ3) is 3.37. The van der Waals surface area contributed by atoms with Gasteiger partial charge in [-0.3, -0.25) is 9.69 Å². The van der Waals surface area contributed by atoms with E-state index in [1.165, 1.54) is 6.42 Å². The van der Waals surface area contributed by atoms with Crippen molar-refractivity contribution in [1.82, 2.24) is 15.1 Å². The molecule has 4 nitrogen and oxygen atoms in total. The fraction of sp³-hybridized carbons (Fsp3) is 0.923. The molecule has 2 aliphatic rings. The first-order valence-corrected chi connectivity index (χ1v) is 6.68. The van der Waals surface area contributed by atoms with Gasteiger partial charge in [0.05, 0.1) is 6.04 Å². The Hall–Kier alpha value is -0.320. The molecule has 1 N–H and O–H groups in total. The van der Waals surface area contributed by atoms with Crippen LogP contribution < -0.4 is 5.32 Å². The van der Waals surface area contributed by atoms with Gasteiger partial charge in [0.2, 0.25) is 5.91 Å². The fourth-order valence-electron chi connectivity index (χ4n) is 3.09. The standard InChI is InChI=1S/C13H25N3O.ClH/c1-13(6-7-14-9-13)10-16-8-4-5-11(16)12(17)15(2)3;/h11,14H,4-10H2,1-3H3;1H. The molecular weight excluding hydrogens is 250 g/mol. The predicted octanol–water partition coefficient (Wildman–Crippen LogP) is 0.960. The summed E-state index contributed by atoms with van der Waals surface area (Å²) in [6.07, 6.45) is 3.42. The molecule has 5 heteroatoms. The molecule has 2 unspecified atom stereocenters. The summed E-state index contributed by atoms with van der Waals surface area (Å²) in [5.41, 5.74) is 0.356. The third-order valence-electron chi connectivity index (χ3n) is 4.13. The molecule has 0 radical (unpaired) electrons. The van der Waals surface area contributed by atoms with Crippen molar-refractivity contribution < 1.29 is 4.79 Å². The van der Waals surface area contributed by atoms with E-state index in [1.807, 2.05) is 14.1 Å². The maximum atomic E-state index is 12.1. The van der Waals surface area contributed by atoms with Crippen molar-refractivity contribution in [2.24, 2.45) is 5.41 Å². The number of carbonyl (C=O) groups excluding carboxylic acids is 1. The van der Waals surface area contributed by atoms with Crippen molar-refractivity contribution >= 4 is 18.3 Å². The van der Waals surface area contributed by atoms with Crippen LogP contribution in [0.15, 0.2) is 0 Å². The number of nitrogens with one attached hydrogen (secondary N) is 1. The quantitative estimate of drug-likeness (QED) is 0.833. The van der Waals surface area contributed by atoms with Crippen molar-refractivity contribution in [3.05, 3.63) is 0 Å². The third-order valence-corrected chi connectivity index (χ3v) is 4.13. The normalized spacial score (nSPS) is 32.3. The van der Waals surface area contributed by atoms with Crippen LogP contribution in [0, 0.1) is 5.41 Å². The average molecular weight is 276 g/mol. The van der Waals surface area contributed by atoms with Crippen LogP contribution in [-0.2, 0) is 4.79 Å². The average Bonchev–Trinajstić information content (AvgIpc) is 2.87. The Bertz CT molecular complexity index is 290. The van der Waals surface area contributed by atoms with E-state index in [0.29, 0.717) is 5.41 Å². The van der Waals surface area contributed by atoms with Crippen LogP contribution in [0.2, 0.25) is 0 Å². The highest BCUT2D eigenvalue weighted by Gasteiger charge is 2.37. The summed E-state index contributed by atoms with van der Waals surface area (Å²) in [4.78, 5) is 16.2. The largest absolute Gasteiger partial charge is 0.347 e. The highest BCUT2D eigenvalue weighted by molar-refractivity contribution is 5.85. The second kappa shape index (κ2) is 6.22. The number of carbonyl (C=O) groups is 1. The van der Waals surface area contributed by atoms with Gasteiger partial charge in [-0.15, -0.1) is 12.4 Å². The zero-order valence-electron chi connectivity index (χ0n) is 11.7. The van der Waals surface area contributed by atoms with E-state index < -0.39 is 0 Å². The molecule has 0 aliphatic carbocycles.